The summed E-state index contributed by atoms with van der Waals surface area (Å²) in [4.78, 5) is 30.8. The van der Waals surface area contributed by atoms with E-state index in [4.69, 9.17) is 4.74 Å². The average Bonchev–Trinajstić information content (AvgIpc) is 2.81. The summed E-state index contributed by atoms with van der Waals surface area (Å²) in [5.74, 6) is 2.51. The van der Waals surface area contributed by atoms with Crippen molar-refractivity contribution in [1.29, 1.82) is 0 Å². The lowest BCUT2D eigenvalue weighted by atomic mass is 9.94. The number of benzene rings is 1. The zero-order chi connectivity index (χ0) is 24.7. The molecular weight excluding hydrogens is 426 g/mol. The summed E-state index contributed by atoms with van der Waals surface area (Å²) in [6.07, 6.45) is 4.45. The molecule has 3 rings (SSSR count). The highest BCUT2D eigenvalue weighted by Gasteiger charge is 2.38. The molecule has 2 amide bonds. The first-order chi connectivity index (χ1) is 16.2. The molecule has 0 aliphatic carbocycles. The molecule has 2 aliphatic heterocycles. The van der Waals surface area contributed by atoms with Crippen LogP contribution < -0.4 is 10.1 Å². The summed E-state index contributed by atoms with van der Waals surface area (Å²) in [6, 6.07) is 7.65. The van der Waals surface area contributed by atoms with Crippen LogP contribution in [0, 0.1) is 24.7 Å². The van der Waals surface area contributed by atoms with Crippen LogP contribution in [0.5, 0.6) is 5.75 Å². The second-order valence-corrected chi connectivity index (χ2v) is 11.0. The van der Waals surface area contributed by atoms with Crippen molar-refractivity contribution in [2.45, 2.75) is 78.8 Å². The largest absolute Gasteiger partial charge is 0.493 e. The Morgan fingerprint density at radius 2 is 1.74 bits per heavy atom. The highest BCUT2D eigenvalue weighted by molar-refractivity contribution is 5.90. The fourth-order valence-electron chi connectivity index (χ4n) is 4.98. The molecule has 0 radical (unpaired) electrons. The summed E-state index contributed by atoms with van der Waals surface area (Å²) in [6.45, 7) is 14.3. The highest BCUT2D eigenvalue weighted by Crippen LogP contribution is 2.24. The van der Waals surface area contributed by atoms with Gasteiger partial charge >= 0.3 is 0 Å². The molecule has 1 aromatic carbocycles. The second kappa shape index (κ2) is 12.6. The van der Waals surface area contributed by atoms with Crippen molar-refractivity contribution in [2.75, 3.05) is 32.8 Å². The number of carbonyl (C=O) groups is 2. The zero-order valence-electron chi connectivity index (χ0n) is 21.9. The van der Waals surface area contributed by atoms with Crippen molar-refractivity contribution in [1.82, 2.24) is 15.1 Å². The molecular formula is C28H45N3O3. The quantitative estimate of drug-likeness (QED) is 0.554. The molecule has 2 fully saturated rings. The van der Waals surface area contributed by atoms with Gasteiger partial charge in [0.1, 0.15) is 11.8 Å². The Kier molecular flexibility index (Phi) is 9.81. The molecule has 6 heteroatoms. The van der Waals surface area contributed by atoms with Gasteiger partial charge in [-0.15, -0.1) is 0 Å². The Labute approximate surface area is 206 Å². The SMILES string of the molecule is Cc1ccc(OCC2CCN(C(=O)[C@H](CC(C)C)N3CCN[C@@H](CCC(C)C)C3=O)CC2)cc1. The molecule has 0 unspecified atom stereocenters. The van der Waals surface area contributed by atoms with E-state index >= 15 is 0 Å². The molecule has 2 saturated heterocycles. The van der Waals surface area contributed by atoms with Crippen molar-refractivity contribution in [2.24, 2.45) is 17.8 Å². The highest BCUT2D eigenvalue weighted by atomic mass is 16.5. The maximum Gasteiger partial charge on any atom is 0.245 e. The minimum absolute atomic E-state index is 0.104. The molecule has 0 saturated carbocycles. The van der Waals surface area contributed by atoms with Gasteiger partial charge in [0.25, 0.3) is 0 Å². The number of amides is 2. The van der Waals surface area contributed by atoms with Crippen LogP contribution >= 0.6 is 0 Å². The summed E-state index contributed by atoms with van der Waals surface area (Å²) < 4.78 is 5.99. The first kappa shape index (κ1) is 26.5. The predicted molar refractivity (Wildman–Crippen MR) is 137 cm³/mol. The number of piperidine rings is 1. The van der Waals surface area contributed by atoms with Crippen LogP contribution in [0.15, 0.2) is 24.3 Å². The predicted octanol–water partition coefficient (Wildman–Crippen LogP) is 4.26. The smallest absolute Gasteiger partial charge is 0.245 e. The van der Waals surface area contributed by atoms with Gasteiger partial charge < -0.3 is 19.9 Å². The molecule has 34 heavy (non-hydrogen) atoms. The summed E-state index contributed by atoms with van der Waals surface area (Å²) >= 11 is 0. The third-order valence-electron chi connectivity index (χ3n) is 7.15. The molecule has 1 N–H and O–H groups in total. The zero-order valence-corrected chi connectivity index (χ0v) is 21.9. The van der Waals surface area contributed by atoms with Gasteiger partial charge in [0.2, 0.25) is 11.8 Å². The van der Waals surface area contributed by atoms with E-state index < -0.39 is 0 Å². The second-order valence-electron chi connectivity index (χ2n) is 11.0. The Morgan fingerprint density at radius 3 is 2.35 bits per heavy atom. The normalized spacial score (nSPS) is 20.8. The van der Waals surface area contributed by atoms with E-state index in [1.54, 1.807) is 0 Å². The number of nitrogens with one attached hydrogen (secondary N) is 1. The van der Waals surface area contributed by atoms with E-state index in [-0.39, 0.29) is 23.9 Å². The van der Waals surface area contributed by atoms with Crippen LogP contribution in [-0.2, 0) is 9.59 Å². The van der Waals surface area contributed by atoms with Gasteiger partial charge in [-0.3, -0.25) is 9.59 Å². The molecule has 6 nitrogen and oxygen atoms in total. The summed E-state index contributed by atoms with van der Waals surface area (Å²) in [7, 11) is 0. The lowest BCUT2D eigenvalue weighted by Gasteiger charge is -2.42. The lowest BCUT2D eigenvalue weighted by Crippen LogP contribution is -2.62. The monoisotopic (exact) mass is 471 g/mol. The first-order valence-corrected chi connectivity index (χ1v) is 13.3. The molecule has 2 aliphatic rings. The molecule has 1 aromatic rings. The van der Waals surface area contributed by atoms with Gasteiger partial charge in [-0.25, -0.2) is 0 Å². The van der Waals surface area contributed by atoms with E-state index in [2.05, 4.69) is 52.1 Å². The first-order valence-electron chi connectivity index (χ1n) is 13.3. The number of hydrogen-bond donors (Lipinski definition) is 1. The standard InChI is InChI=1S/C28H45N3O3/c1-20(2)6-11-25-27(32)31(17-14-29-25)26(18-21(3)4)28(33)30-15-12-23(13-16-30)19-34-24-9-7-22(5)8-10-24/h7-10,20-21,23,25-26,29H,6,11-19H2,1-5H3/t25-,26-/m0/s1. The third-order valence-corrected chi connectivity index (χ3v) is 7.15. The lowest BCUT2D eigenvalue weighted by molar-refractivity contribution is -0.150. The van der Waals surface area contributed by atoms with Crippen molar-refractivity contribution in [3.8, 4) is 5.75 Å². The number of likely N-dealkylation sites (tertiary alicyclic amines) is 1. The van der Waals surface area contributed by atoms with E-state index in [1.807, 2.05) is 21.9 Å². The van der Waals surface area contributed by atoms with E-state index in [0.29, 0.717) is 30.9 Å². The Hall–Kier alpha value is -2.08. The fourth-order valence-corrected chi connectivity index (χ4v) is 4.98. The molecule has 0 bridgehead atoms. The topological polar surface area (TPSA) is 61.9 Å². The maximum atomic E-state index is 13.6. The molecule has 0 spiro atoms. The molecule has 2 atom stereocenters. The number of carbonyl (C=O) groups excluding carboxylic acids is 2. The number of nitrogens with zero attached hydrogens (tertiary/aromatic N) is 2. The molecule has 2 heterocycles. The Balaban J connectivity index is 1.56. The number of aryl methyl sites for hydroxylation is 1. The van der Waals surface area contributed by atoms with Gasteiger partial charge in [0, 0.05) is 26.2 Å². The third kappa shape index (κ3) is 7.46. The van der Waals surface area contributed by atoms with Crippen molar-refractivity contribution in [3.05, 3.63) is 29.8 Å². The van der Waals surface area contributed by atoms with Gasteiger partial charge in [-0.2, -0.15) is 0 Å². The fraction of sp³-hybridized carbons (Fsp3) is 0.714. The van der Waals surface area contributed by atoms with Gasteiger partial charge in [0.15, 0.2) is 0 Å². The van der Waals surface area contributed by atoms with Crippen molar-refractivity contribution >= 4 is 11.8 Å². The van der Waals surface area contributed by atoms with Crippen LogP contribution in [0.3, 0.4) is 0 Å². The van der Waals surface area contributed by atoms with Crippen LogP contribution in [0.25, 0.3) is 0 Å². The van der Waals surface area contributed by atoms with Gasteiger partial charge in [-0.1, -0.05) is 45.4 Å². The number of rotatable bonds is 10. The maximum absolute atomic E-state index is 13.6. The summed E-state index contributed by atoms with van der Waals surface area (Å²) in [5.41, 5.74) is 1.23. The Bertz CT molecular complexity index is 785. The average molecular weight is 472 g/mol. The van der Waals surface area contributed by atoms with Gasteiger partial charge in [0.05, 0.1) is 12.6 Å². The van der Waals surface area contributed by atoms with Crippen molar-refractivity contribution in [3.63, 3.8) is 0 Å². The van der Waals surface area contributed by atoms with E-state index in [9.17, 15) is 9.59 Å². The van der Waals surface area contributed by atoms with Gasteiger partial charge in [-0.05, 0) is 68.9 Å². The Morgan fingerprint density at radius 1 is 1.06 bits per heavy atom. The van der Waals surface area contributed by atoms with Crippen LogP contribution in [-0.4, -0.2) is 66.5 Å². The number of ether oxygens (including phenoxy) is 1. The van der Waals surface area contributed by atoms with Crippen molar-refractivity contribution < 1.29 is 14.3 Å². The molecule has 0 aromatic heterocycles. The van der Waals surface area contributed by atoms with E-state index in [0.717, 1.165) is 57.5 Å². The van der Waals surface area contributed by atoms with E-state index in [1.165, 1.54) is 5.56 Å². The number of piperazine rings is 1. The van der Waals surface area contributed by atoms with Crippen LogP contribution in [0.1, 0.15) is 65.4 Å². The molecule has 190 valence electrons. The minimum Gasteiger partial charge on any atom is -0.493 e. The summed E-state index contributed by atoms with van der Waals surface area (Å²) in [5, 5.41) is 3.39. The van der Waals surface area contributed by atoms with Crippen LogP contribution in [0.2, 0.25) is 0 Å². The number of hydrogen-bond acceptors (Lipinski definition) is 4. The van der Waals surface area contributed by atoms with Crippen LogP contribution in [0.4, 0.5) is 0 Å². The minimum atomic E-state index is -0.350.